The zero-order valence-corrected chi connectivity index (χ0v) is 10.9. The van der Waals surface area contributed by atoms with E-state index in [0.717, 1.165) is 5.69 Å². The molecule has 2 heterocycles. The van der Waals surface area contributed by atoms with Crippen LogP contribution in [0.3, 0.4) is 0 Å². The molecule has 0 saturated heterocycles. The van der Waals surface area contributed by atoms with Crippen LogP contribution in [-0.4, -0.2) is 23.8 Å². The number of esters is 1. The van der Waals surface area contributed by atoms with E-state index in [9.17, 15) is 9.59 Å². The first kappa shape index (κ1) is 13.0. The smallest absolute Gasteiger partial charge is 0.373 e. The first-order valence-corrected chi connectivity index (χ1v) is 5.70. The lowest BCUT2D eigenvalue weighted by molar-refractivity contribution is 0.0563. The van der Waals surface area contributed by atoms with E-state index in [-0.39, 0.29) is 17.3 Å². The number of rotatable bonds is 3. The molecule has 98 valence electrons. The Kier molecular flexibility index (Phi) is 3.46. The molecule has 0 aromatic carbocycles. The fraction of sp³-hybridized carbons (Fsp3) is 0.214. The zero-order chi connectivity index (χ0) is 14.0. The molecular weight excluding hydrogens is 246 g/mol. The summed E-state index contributed by atoms with van der Waals surface area (Å²) in [6.45, 7) is 3.61. The number of carbonyl (C=O) groups excluding carboxylic acids is 2. The van der Waals surface area contributed by atoms with E-state index < -0.39 is 5.97 Å². The van der Waals surface area contributed by atoms with E-state index in [0.29, 0.717) is 11.3 Å². The van der Waals surface area contributed by atoms with Crippen LogP contribution in [0.1, 0.15) is 38.1 Å². The maximum Gasteiger partial charge on any atom is 0.373 e. The minimum atomic E-state index is -0.613. The number of hydrogen-bond acceptors (Lipinski definition) is 5. The number of ether oxygens (including phenoxy) is 1. The summed E-state index contributed by atoms with van der Waals surface area (Å²) in [7, 11) is 1.25. The molecular formula is C14H13NO4. The molecule has 19 heavy (non-hydrogen) atoms. The van der Waals surface area contributed by atoms with Crippen molar-refractivity contribution in [3.05, 3.63) is 52.7 Å². The van der Waals surface area contributed by atoms with Gasteiger partial charge in [0.25, 0.3) is 0 Å². The number of hydrogen-bond donors (Lipinski definition) is 0. The Morgan fingerprint density at radius 3 is 2.42 bits per heavy atom. The van der Waals surface area contributed by atoms with E-state index in [4.69, 9.17) is 4.42 Å². The maximum absolute atomic E-state index is 12.2. The van der Waals surface area contributed by atoms with E-state index in [1.165, 1.54) is 19.2 Å². The molecule has 5 heteroatoms. The molecule has 0 aliphatic carbocycles. The lowest BCUT2D eigenvalue weighted by Gasteiger charge is -2.03. The van der Waals surface area contributed by atoms with Gasteiger partial charge in [-0.2, -0.15) is 0 Å². The Bertz CT molecular complexity index is 643. The van der Waals surface area contributed by atoms with Gasteiger partial charge in [-0.1, -0.05) is 0 Å². The highest BCUT2D eigenvalue weighted by molar-refractivity contribution is 6.08. The van der Waals surface area contributed by atoms with Crippen molar-refractivity contribution in [3.8, 4) is 0 Å². The minimum absolute atomic E-state index is 0.00331. The van der Waals surface area contributed by atoms with Crippen LogP contribution in [0.4, 0.5) is 0 Å². The summed E-state index contributed by atoms with van der Waals surface area (Å²) in [4.78, 5) is 27.7. The van der Waals surface area contributed by atoms with Crippen LogP contribution < -0.4 is 0 Å². The Morgan fingerprint density at radius 1 is 1.11 bits per heavy atom. The Balaban J connectivity index is 2.34. The first-order valence-electron chi connectivity index (χ1n) is 5.70. The van der Waals surface area contributed by atoms with Crippen molar-refractivity contribution in [2.24, 2.45) is 0 Å². The van der Waals surface area contributed by atoms with Crippen molar-refractivity contribution in [2.45, 2.75) is 13.8 Å². The number of methoxy groups -OCH3 is 1. The number of furan rings is 1. The molecule has 0 spiro atoms. The van der Waals surface area contributed by atoms with E-state index >= 15 is 0 Å². The SMILES string of the molecule is COC(=O)c1ccc(C(=O)c2ccc(C)nc2C)o1. The monoisotopic (exact) mass is 259 g/mol. The third-order valence-corrected chi connectivity index (χ3v) is 2.69. The average Bonchev–Trinajstić information content (AvgIpc) is 2.86. The molecule has 2 aromatic heterocycles. The molecule has 2 rings (SSSR count). The van der Waals surface area contributed by atoms with Gasteiger partial charge in [0, 0.05) is 17.0 Å². The van der Waals surface area contributed by atoms with Gasteiger partial charge >= 0.3 is 5.97 Å². The van der Waals surface area contributed by atoms with Gasteiger partial charge in [0.15, 0.2) is 5.76 Å². The molecule has 5 nitrogen and oxygen atoms in total. The van der Waals surface area contributed by atoms with Gasteiger partial charge in [-0.25, -0.2) is 4.79 Å². The van der Waals surface area contributed by atoms with Gasteiger partial charge in [-0.15, -0.1) is 0 Å². The number of pyridine rings is 1. The lowest BCUT2D eigenvalue weighted by Crippen LogP contribution is -2.05. The molecule has 0 radical (unpaired) electrons. The summed E-state index contributed by atoms with van der Waals surface area (Å²) < 4.78 is 9.70. The molecule has 0 aliphatic rings. The van der Waals surface area contributed by atoms with Crippen LogP contribution in [0.5, 0.6) is 0 Å². The highest BCUT2D eigenvalue weighted by atomic mass is 16.5. The van der Waals surface area contributed by atoms with E-state index in [2.05, 4.69) is 9.72 Å². The summed E-state index contributed by atoms with van der Waals surface area (Å²) in [5.41, 5.74) is 1.92. The first-order chi connectivity index (χ1) is 9.02. The molecule has 0 fully saturated rings. The largest absolute Gasteiger partial charge is 0.463 e. The summed E-state index contributed by atoms with van der Waals surface area (Å²) in [6, 6.07) is 6.31. The molecule has 0 atom stereocenters. The third-order valence-electron chi connectivity index (χ3n) is 2.69. The normalized spacial score (nSPS) is 10.3. The number of nitrogens with zero attached hydrogens (tertiary/aromatic N) is 1. The Labute approximate surface area is 110 Å². The second-order valence-corrected chi connectivity index (χ2v) is 4.07. The summed E-state index contributed by atoms with van der Waals surface area (Å²) in [5, 5.41) is 0. The van der Waals surface area contributed by atoms with Crippen molar-refractivity contribution in [3.63, 3.8) is 0 Å². The molecule has 0 bridgehead atoms. The van der Waals surface area contributed by atoms with E-state index in [1.807, 2.05) is 6.92 Å². The van der Waals surface area contributed by atoms with Crippen molar-refractivity contribution >= 4 is 11.8 Å². The van der Waals surface area contributed by atoms with Crippen molar-refractivity contribution in [1.82, 2.24) is 4.98 Å². The van der Waals surface area contributed by atoms with Gasteiger partial charge in [0.2, 0.25) is 11.5 Å². The second kappa shape index (κ2) is 5.06. The van der Waals surface area contributed by atoms with Crippen LogP contribution >= 0.6 is 0 Å². The Hall–Kier alpha value is -2.43. The van der Waals surface area contributed by atoms with Gasteiger partial charge < -0.3 is 9.15 Å². The minimum Gasteiger partial charge on any atom is -0.463 e. The van der Waals surface area contributed by atoms with Crippen molar-refractivity contribution < 1.29 is 18.7 Å². The van der Waals surface area contributed by atoms with Gasteiger partial charge in [-0.3, -0.25) is 9.78 Å². The van der Waals surface area contributed by atoms with Crippen LogP contribution in [0.2, 0.25) is 0 Å². The predicted octanol–water partition coefficient (Wildman–Crippen LogP) is 2.31. The fourth-order valence-electron chi connectivity index (χ4n) is 1.73. The number of carbonyl (C=O) groups is 2. The number of aryl methyl sites for hydroxylation is 2. The van der Waals surface area contributed by atoms with E-state index in [1.54, 1.807) is 19.1 Å². The standard InChI is InChI=1S/C14H13NO4/c1-8-4-5-10(9(2)15-8)13(16)11-6-7-12(19-11)14(17)18-3/h4-7H,1-3H3. The summed E-state index contributed by atoms with van der Waals surface area (Å²) in [5.74, 6) is -0.823. The molecule has 2 aromatic rings. The summed E-state index contributed by atoms with van der Waals surface area (Å²) in [6.07, 6.45) is 0. The quantitative estimate of drug-likeness (QED) is 0.625. The van der Waals surface area contributed by atoms with Crippen LogP contribution in [0.15, 0.2) is 28.7 Å². The van der Waals surface area contributed by atoms with Crippen molar-refractivity contribution in [1.29, 1.82) is 0 Å². The third kappa shape index (κ3) is 2.54. The average molecular weight is 259 g/mol. The molecule has 0 saturated carbocycles. The highest BCUT2D eigenvalue weighted by Crippen LogP contribution is 2.16. The number of ketones is 1. The highest BCUT2D eigenvalue weighted by Gasteiger charge is 2.19. The maximum atomic E-state index is 12.2. The van der Waals surface area contributed by atoms with Crippen molar-refractivity contribution in [2.75, 3.05) is 7.11 Å². The van der Waals surface area contributed by atoms with Crippen LogP contribution in [0.25, 0.3) is 0 Å². The molecule has 0 N–H and O–H groups in total. The lowest BCUT2D eigenvalue weighted by atomic mass is 10.1. The molecule has 0 aliphatic heterocycles. The van der Waals surface area contributed by atoms with Gasteiger partial charge in [-0.05, 0) is 38.1 Å². The predicted molar refractivity (Wildman–Crippen MR) is 67.2 cm³/mol. The van der Waals surface area contributed by atoms with Crippen LogP contribution in [0, 0.1) is 13.8 Å². The van der Waals surface area contributed by atoms with Gasteiger partial charge in [0.1, 0.15) is 0 Å². The fourth-order valence-corrected chi connectivity index (χ4v) is 1.73. The summed E-state index contributed by atoms with van der Waals surface area (Å²) >= 11 is 0. The second-order valence-electron chi connectivity index (χ2n) is 4.07. The molecule has 0 unspecified atom stereocenters. The number of aromatic nitrogens is 1. The molecule has 0 amide bonds. The zero-order valence-electron chi connectivity index (χ0n) is 10.9. The Morgan fingerprint density at radius 2 is 1.79 bits per heavy atom. The topological polar surface area (TPSA) is 69.4 Å². The van der Waals surface area contributed by atoms with Gasteiger partial charge in [0.05, 0.1) is 7.11 Å². The van der Waals surface area contributed by atoms with Crippen LogP contribution in [-0.2, 0) is 4.74 Å².